The highest BCUT2D eigenvalue weighted by Gasteiger charge is 2.23. The van der Waals surface area contributed by atoms with Crippen molar-refractivity contribution in [1.29, 1.82) is 5.26 Å². The molecule has 0 spiro atoms. The number of aliphatic hydroxyl groups is 1. The molecule has 1 amide bonds. The molecule has 2 N–H and O–H groups in total. The molecule has 4 rings (SSSR count). The molecule has 4 aromatic rings. The zero-order valence-corrected chi connectivity index (χ0v) is 19.1. The third-order valence-electron chi connectivity index (χ3n) is 5.04. The van der Waals surface area contributed by atoms with Crippen LogP contribution in [-0.4, -0.2) is 42.7 Å². The first-order chi connectivity index (χ1) is 15.7. The van der Waals surface area contributed by atoms with Crippen LogP contribution in [-0.2, 0) is 0 Å². The summed E-state index contributed by atoms with van der Waals surface area (Å²) in [6, 6.07) is 14.4. The lowest BCUT2D eigenvalue weighted by Crippen LogP contribution is -2.46. The molecule has 8 nitrogen and oxygen atoms in total. The van der Waals surface area contributed by atoms with Crippen molar-refractivity contribution < 1.29 is 9.90 Å². The first kappa shape index (κ1) is 22.4. The number of aryl methyl sites for hydroxylation is 1. The SMILES string of the molecule is Cc1cc(-c2c(-c3cccc(C#N)c3)nn3ccc(C(=O)NC(C)(C)CO)nc23)cc(Cl)n1. The molecule has 33 heavy (non-hydrogen) atoms. The van der Waals surface area contributed by atoms with Gasteiger partial charge in [-0.3, -0.25) is 4.79 Å². The molecule has 3 heterocycles. The van der Waals surface area contributed by atoms with Crippen LogP contribution in [0.25, 0.3) is 28.0 Å². The Labute approximate surface area is 195 Å². The minimum absolute atomic E-state index is 0.180. The van der Waals surface area contributed by atoms with Gasteiger partial charge in [0.2, 0.25) is 0 Å². The number of aromatic nitrogens is 4. The van der Waals surface area contributed by atoms with E-state index in [1.54, 1.807) is 54.9 Å². The number of hydrogen-bond acceptors (Lipinski definition) is 6. The summed E-state index contributed by atoms with van der Waals surface area (Å²) >= 11 is 6.24. The number of benzene rings is 1. The van der Waals surface area contributed by atoms with Crippen molar-refractivity contribution in [2.24, 2.45) is 0 Å². The average Bonchev–Trinajstić information content (AvgIpc) is 3.17. The maximum Gasteiger partial charge on any atom is 0.270 e. The summed E-state index contributed by atoms with van der Waals surface area (Å²) in [4.78, 5) is 21.6. The number of carbonyl (C=O) groups excluding carboxylic acids is 1. The quantitative estimate of drug-likeness (QED) is 0.437. The van der Waals surface area contributed by atoms with Crippen LogP contribution in [0.5, 0.6) is 0 Å². The fourth-order valence-corrected chi connectivity index (χ4v) is 3.69. The maximum atomic E-state index is 12.8. The smallest absolute Gasteiger partial charge is 0.270 e. The van der Waals surface area contributed by atoms with Crippen molar-refractivity contribution in [3.05, 3.63) is 70.8 Å². The molecule has 9 heteroatoms. The second-order valence-corrected chi connectivity index (χ2v) is 8.70. The highest BCUT2D eigenvalue weighted by molar-refractivity contribution is 6.29. The average molecular weight is 461 g/mol. The summed E-state index contributed by atoms with van der Waals surface area (Å²) < 4.78 is 1.58. The third kappa shape index (κ3) is 4.55. The third-order valence-corrected chi connectivity index (χ3v) is 5.23. The molecule has 166 valence electrons. The van der Waals surface area contributed by atoms with E-state index < -0.39 is 11.4 Å². The van der Waals surface area contributed by atoms with Crippen LogP contribution in [0, 0.1) is 18.3 Å². The summed E-state index contributed by atoms with van der Waals surface area (Å²) in [6.07, 6.45) is 1.65. The molecule has 0 aliphatic carbocycles. The fourth-order valence-electron chi connectivity index (χ4n) is 3.44. The Balaban J connectivity index is 1.96. The Morgan fingerprint density at radius 2 is 2.00 bits per heavy atom. The molecule has 0 radical (unpaired) electrons. The summed E-state index contributed by atoms with van der Waals surface area (Å²) in [7, 11) is 0. The van der Waals surface area contributed by atoms with E-state index in [1.165, 1.54) is 0 Å². The highest BCUT2D eigenvalue weighted by atomic mass is 35.5. The molecule has 0 aliphatic heterocycles. The number of nitrogens with one attached hydrogen (secondary N) is 1. The van der Waals surface area contributed by atoms with Gasteiger partial charge in [-0.1, -0.05) is 23.7 Å². The Bertz CT molecular complexity index is 1400. The number of hydrogen-bond donors (Lipinski definition) is 2. The van der Waals surface area contributed by atoms with E-state index in [4.69, 9.17) is 16.7 Å². The van der Waals surface area contributed by atoms with Gasteiger partial charge in [-0.05, 0) is 56.7 Å². The molecular formula is C24H21ClN6O2. The second kappa shape index (κ2) is 8.62. The Kier molecular flexibility index (Phi) is 5.85. The van der Waals surface area contributed by atoms with Gasteiger partial charge in [0.05, 0.1) is 29.3 Å². The van der Waals surface area contributed by atoms with Crippen LogP contribution in [0.3, 0.4) is 0 Å². The van der Waals surface area contributed by atoms with Gasteiger partial charge in [0.15, 0.2) is 5.65 Å². The fraction of sp³-hybridized carbons (Fsp3) is 0.208. The largest absolute Gasteiger partial charge is 0.394 e. The topological polar surface area (TPSA) is 116 Å². The number of aliphatic hydroxyl groups excluding tert-OH is 1. The van der Waals surface area contributed by atoms with Gasteiger partial charge < -0.3 is 10.4 Å². The molecule has 0 atom stereocenters. The lowest BCUT2D eigenvalue weighted by molar-refractivity contribution is 0.0864. The minimum Gasteiger partial charge on any atom is -0.394 e. The minimum atomic E-state index is -0.799. The van der Waals surface area contributed by atoms with Crippen LogP contribution in [0.4, 0.5) is 0 Å². The summed E-state index contributed by atoms with van der Waals surface area (Å²) in [6.45, 7) is 5.05. The van der Waals surface area contributed by atoms with Crippen LogP contribution in [0.15, 0.2) is 48.7 Å². The molecule has 0 fully saturated rings. The highest BCUT2D eigenvalue weighted by Crippen LogP contribution is 2.36. The first-order valence-corrected chi connectivity index (χ1v) is 10.6. The van der Waals surface area contributed by atoms with Gasteiger partial charge in [0.1, 0.15) is 16.5 Å². The monoisotopic (exact) mass is 460 g/mol. The number of nitrogens with zero attached hydrogens (tertiary/aromatic N) is 5. The van der Waals surface area contributed by atoms with Crippen molar-refractivity contribution in [2.75, 3.05) is 6.61 Å². The number of amides is 1. The molecule has 3 aromatic heterocycles. The van der Waals surface area contributed by atoms with Gasteiger partial charge in [-0.2, -0.15) is 10.4 Å². The van der Waals surface area contributed by atoms with E-state index in [-0.39, 0.29) is 12.3 Å². The number of fused-ring (bicyclic) bond motifs is 1. The molecule has 1 aromatic carbocycles. The number of carbonyl (C=O) groups is 1. The van der Waals surface area contributed by atoms with Crippen LogP contribution in [0.1, 0.15) is 35.6 Å². The maximum absolute atomic E-state index is 12.8. The van der Waals surface area contributed by atoms with Gasteiger partial charge >= 0.3 is 0 Å². The molecule has 0 saturated heterocycles. The number of halogens is 1. The lowest BCUT2D eigenvalue weighted by Gasteiger charge is -2.23. The summed E-state index contributed by atoms with van der Waals surface area (Å²) in [5.74, 6) is -0.416. The predicted molar refractivity (Wildman–Crippen MR) is 125 cm³/mol. The van der Waals surface area contributed by atoms with E-state index in [0.717, 1.165) is 11.1 Å². The van der Waals surface area contributed by atoms with E-state index in [2.05, 4.69) is 21.4 Å². The molecule has 0 unspecified atom stereocenters. The van der Waals surface area contributed by atoms with Gasteiger partial charge in [0, 0.05) is 17.5 Å². The normalized spacial score (nSPS) is 11.4. The number of pyridine rings is 1. The van der Waals surface area contributed by atoms with Crippen molar-refractivity contribution >= 4 is 23.2 Å². The Morgan fingerprint density at radius 3 is 2.70 bits per heavy atom. The standard InChI is InChI=1S/C24H21ClN6O2/c1-14-9-17(11-19(25)27-14)20-21(16-6-4-5-15(10-16)12-26)30-31-8-7-18(28-22(20)31)23(33)29-24(2,3)13-32/h4-11,32H,13H2,1-3H3,(H,29,33). The predicted octanol–water partition coefficient (Wildman–Crippen LogP) is 3.79. The first-order valence-electron chi connectivity index (χ1n) is 10.2. The number of nitriles is 1. The van der Waals surface area contributed by atoms with Gasteiger partial charge in [-0.25, -0.2) is 14.5 Å². The lowest BCUT2D eigenvalue weighted by atomic mass is 10.00. The van der Waals surface area contributed by atoms with Gasteiger partial charge in [0.25, 0.3) is 5.91 Å². The van der Waals surface area contributed by atoms with Gasteiger partial charge in [-0.15, -0.1) is 0 Å². The summed E-state index contributed by atoms with van der Waals surface area (Å²) in [5, 5.41) is 26.6. The molecule has 0 saturated carbocycles. The van der Waals surface area contributed by atoms with Crippen LogP contribution in [0.2, 0.25) is 5.15 Å². The second-order valence-electron chi connectivity index (χ2n) is 8.31. The van der Waals surface area contributed by atoms with Crippen LogP contribution < -0.4 is 5.32 Å². The summed E-state index contributed by atoms with van der Waals surface area (Å²) in [5.41, 5.74) is 3.76. The Hall–Kier alpha value is -3.80. The van der Waals surface area contributed by atoms with Crippen molar-refractivity contribution in [2.45, 2.75) is 26.3 Å². The molecule has 0 aliphatic rings. The van der Waals surface area contributed by atoms with Crippen molar-refractivity contribution in [1.82, 2.24) is 24.9 Å². The van der Waals surface area contributed by atoms with E-state index in [0.29, 0.717) is 33.3 Å². The van der Waals surface area contributed by atoms with Crippen molar-refractivity contribution in [3.63, 3.8) is 0 Å². The molecule has 0 bridgehead atoms. The van der Waals surface area contributed by atoms with E-state index >= 15 is 0 Å². The zero-order chi connectivity index (χ0) is 23.8. The van der Waals surface area contributed by atoms with Crippen molar-refractivity contribution in [3.8, 4) is 28.5 Å². The van der Waals surface area contributed by atoms with E-state index in [9.17, 15) is 15.2 Å². The number of rotatable bonds is 5. The van der Waals surface area contributed by atoms with E-state index in [1.807, 2.05) is 19.1 Å². The molecular weight excluding hydrogens is 440 g/mol. The van der Waals surface area contributed by atoms with Crippen LogP contribution >= 0.6 is 11.6 Å². The zero-order valence-electron chi connectivity index (χ0n) is 18.3. The Morgan fingerprint density at radius 1 is 1.21 bits per heavy atom.